The summed E-state index contributed by atoms with van der Waals surface area (Å²) in [7, 11) is 0. The SMILES string of the molecule is CC1CCC(C(NN)c2ccc3cccnc3c2)C1. The van der Waals surface area contributed by atoms with Gasteiger partial charge in [-0.2, -0.15) is 0 Å². The molecule has 1 saturated carbocycles. The molecule has 1 aromatic carbocycles. The number of hydrazine groups is 1. The van der Waals surface area contributed by atoms with Gasteiger partial charge < -0.3 is 0 Å². The minimum absolute atomic E-state index is 0.247. The van der Waals surface area contributed by atoms with Crippen LogP contribution in [0.15, 0.2) is 36.5 Å². The number of fused-ring (bicyclic) bond motifs is 1. The number of pyridine rings is 1. The molecule has 0 saturated heterocycles. The van der Waals surface area contributed by atoms with E-state index in [1.54, 1.807) is 0 Å². The molecule has 3 nitrogen and oxygen atoms in total. The average Bonchev–Trinajstić information content (AvgIpc) is 2.86. The normalized spacial score (nSPS) is 24.7. The van der Waals surface area contributed by atoms with E-state index in [9.17, 15) is 0 Å². The molecule has 1 fully saturated rings. The Morgan fingerprint density at radius 1 is 1.32 bits per heavy atom. The maximum Gasteiger partial charge on any atom is 0.0705 e. The zero-order valence-corrected chi connectivity index (χ0v) is 11.3. The number of nitrogens with zero attached hydrogens (tertiary/aromatic N) is 1. The monoisotopic (exact) mass is 255 g/mol. The Balaban J connectivity index is 1.92. The Morgan fingerprint density at radius 3 is 2.95 bits per heavy atom. The third kappa shape index (κ3) is 2.48. The quantitative estimate of drug-likeness (QED) is 0.654. The number of nitrogens with one attached hydrogen (secondary N) is 1. The van der Waals surface area contributed by atoms with Crippen molar-refractivity contribution in [2.75, 3.05) is 0 Å². The van der Waals surface area contributed by atoms with Crippen LogP contribution in [0.4, 0.5) is 0 Å². The lowest BCUT2D eigenvalue weighted by atomic mass is 9.91. The van der Waals surface area contributed by atoms with Gasteiger partial charge in [0, 0.05) is 17.6 Å². The van der Waals surface area contributed by atoms with E-state index in [0.717, 1.165) is 11.4 Å². The van der Waals surface area contributed by atoms with Crippen molar-refractivity contribution in [3.05, 3.63) is 42.1 Å². The smallest absolute Gasteiger partial charge is 0.0705 e. The van der Waals surface area contributed by atoms with E-state index in [0.29, 0.717) is 5.92 Å². The van der Waals surface area contributed by atoms with Crippen LogP contribution in [0.3, 0.4) is 0 Å². The molecule has 1 aliphatic carbocycles. The Kier molecular flexibility index (Phi) is 3.49. The summed E-state index contributed by atoms with van der Waals surface area (Å²) >= 11 is 0. The molecule has 1 aliphatic rings. The lowest BCUT2D eigenvalue weighted by Gasteiger charge is -2.23. The van der Waals surface area contributed by atoms with Gasteiger partial charge in [-0.25, -0.2) is 0 Å². The van der Waals surface area contributed by atoms with Crippen molar-refractivity contribution in [3.63, 3.8) is 0 Å². The predicted molar refractivity (Wildman–Crippen MR) is 78.3 cm³/mol. The maximum atomic E-state index is 5.80. The maximum absolute atomic E-state index is 5.80. The van der Waals surface area contributed by atoms with Crippen LogP contribution in [-0.4, -0.2) is 4.98 Å². The number of benzene rings is 1. The van der Waals surface area contributed by atoms with Crippen LogP contribution in [0.2, 0.25) is 0 Å². The Morgan fingerprint density at radius 2 is 2.21 bits per heavy atom. The van der Waals surface area contributed by atoms with Crippen molar-refractivity contribution in [2.45, 2.75) is 32.2 Å². The lowest BCUT2D eigenvalue weighted by Crippen LogP contribution is -2.32. The highest BCUT2D eigenvalue weighted by atomic mass is 15.2. The van der Waals surface area contributed by atoms with Gasteiger partial charge in [-0.3, -0.25) is 16.3 Å². The second-order valence-electron chi connectivity index (χ2n) is 5.78. The molecule has 3 rings (SSSR count). The van der Waals surface area contributed by atoms with E-state index < -0.39 is 0 Å². The summed E-state index contributed by atoms with van der Waals surface area (Å²) in [5, 5.41) is 1.18. The molecule has 1 heterocycles. The fourth-order valence-corrected chi connectivity index (χ4v) is 3.34. The number of nitrogens with two attached hydrogens (primary N) is 1. The molecule has 0 bridgehead atoms. The highest BCUT2D eigenvalue weighted by Gasteiger charge is 2.29. The van der Waals surface area contributed by atoms with Gasteiger partial charge in [0.15, 0.2) is 0 Å². The summed E-state index contributed by atoms with van der Waals surface area (Å²) in [6.07, 6.45) is 5.68. The first-order chi connectivity index (χ1) is 9.28. The molecule has 19 heavy (non-hydrogen) atoms. The molecule has 3 atom stereocenters. The molecule has 0 aliphatic heterocycles. The van der Waals surface area contributed by atoms with Crippen molar-refractivity contribution in [2.24, 2.45) is 17.7 Å². The number of aromatic nitrogens is 1. The molecule has 0 amide bonds. The van der Waals surface area contributed by atoms with Crippen molar-refractivity contribution in [1.82, 2.24) is 10.4 Å². The van der Waals surface area contributed by atoms with Gasteiger partial charge in [-0.05, 0) is 42.4 Å². The van der Waals surface area contributed by atoms with Gasteiger partial charge in [-0.15, -0.1) is 0 Å². The summed E-state index contributed by atoms with van der Waals surface area (Å²) < 4.78 is 0. The van der Waals surface area contributed by atoms with E-state index in [1.165, 1.54) is 30.2 Å². The highest BCUT2D eigenvalue weighted by molar-refractivity contribution is 5.79. The van der Waals surface area contributed by atoms with Crippen LogP contribution in [0, 0.1) is 11.8 Å². The highest BCUT2D eigenvalue weighted by Crippen LogP contribution is 2.38. The first kappa shape index (κ1) is 12.6. The van der Waals surface area contributed by atoms with Crippen LogP contribution in [-0.2, 0) is 0 Å². The van der Waals surface area contributed by atoms with Crippen LogP contribution < -0.4 is 11.3 Å². The van der Waals surface area contributed by atoms with E-state index in [1.807, 2.05) is 12.3 Å². The van der Waals surface area contributed by atoms with E-state index >= 15 is 0 Å². The number of hydrogen-bond acceptors (Lipinski definition) is 3. The van der Waals surface area contributed by atoms with Crippen LogP contribution in [0.5, 0.6) is 0 Å². The fourth-order valence-electron chi connectivity index (χ4n) is 3.34. The standard InChI is InChI=1S/C16H21N3/c1-11-4-5-13(9-11)16(19-17)14-7-6-12-3-2-8-18-15(12)10-14/h2-3,6-8,10-11,13,16,19H,4-5,9,17H2,1H3. The van der Waals surface area contributed by atoms with Crippen molar-refractivity contribution < 1.29 is 0 Å². The number of hydrogen-bond donors (Lipinski definition) is 2. The minimum atomic E-state index is 0.247. The average molecular weight is 255 g/mol. The summed E-state index contributed by atoms with van der Waals surface area (Å²) in [5.41, 5.74) is 5.32. The van der Waals surface area contributed by atoms with Crippen molar-refractivity contribution >= 4 is 10.9 Å². The van der Waals surface area contributed by atoms with Crippen LogP contribution in [0.1, 0.15) is 37.8 Å². The molecule has 0 spiro atoms. The summed E-state index contributed by atoms with van der Waals surface area (Å²) in [4.78, 5) is 4.43. The molecule has 1 aromatic heterocycles. The first-order valence-corrected chi connectivity index (χ1v) is 7.08. The van der Waals surface area contributed by atoms with Crippen LogP contribution >= 0.6 is 0 Å². The van der Waals surface area contributed by atoms with E-state index in [-0.39, 0.29) is 6.04 Å². The summed E-state index contributed by atoms with van der Waals surface area (Å²) in [5.74, 6) is 7.26. The molecule has 2 aromatic rings. The zero-order valence-electron chi connectivity index (χ0n) is 11.3. The summed E-state index contributed by atoms with van der Waals surface area (Å²) in [6.45, 7) is 2.33. The van der Waals surface area contributed by atoms with Gasteiger partial charge in [0.1, 0.15) is 0 Å². The first-order valence-electron chi connectivity index (χ1n) is 7.08. The lowest BCUT2D eigenvalue weighted by molar-refractivity contribution is 0.364. The molecule has 3 heteroatoms. The molecular formula is C16H21N3. The van der Waals surface area contributed by atoms with Gasteiger partial charge >= 0.3 is 0 Å². The van der Waals surface area contributed by atoms with Gasteiger partial charge in [0.2, 0.25) is 0 Å². The van der Waals surface area contributed by atoms with Crippen molar-refractivity contribution in [3.8, 4) is 0 Å². The third-order valence-electron chi connectivity index (χ3n) is 4.38. The van der Waals surface area contributed by atoms with E-state index in [2.05, 4.69) is 41.6 Å². The second kappa shape index (κ2) is 5.27. The molecule has 3 N–H and O–H groups in total. The second-order valence-corrected chi connectivity index (χ2v) is 5.78. The number of rotatable bonds is 3. The van der Waals surface area contributed by atoms with Crippen LogP contribution in [0.25, 0.3) is 10.9 Å². The predicted octanol–water partition coefficient (Wildman–Crippen LogP) is 3.18. The molecule has 3 unspecified atom stereocenters. The molecule has 0 radical (unpaired) electrons. The van der Waals surface area contributed by atoms with Gasteiger partial charge in [0.25, 0.3) is 0 Å². The fraction of sp³-hybridized carbons (Fsp3) is 0.438. The minimum Gasteiger partial charge on any atom is -0.271 e. The Hall–Kier alpha value is -1.45. The van der Waals surface area contributed by atoms with Gasteiger partial charge in [-0.1, -0.05) is 31.5 Å². The van der Waals surface area contributed by atoms with Gasteiger partial charge in [0.05, 0.1) is 5.52 Å². The van der Waals surface area contributed by atoms with E-state index in [4.69, 9.17) is 5.84 Å². The zero-order chi connectivity index (χ0) is 13.2. The van der Waals surface area contributed by atoms with Crippen molar-refractivity contribution in [1.29, 1.82) is 0 Å². The molecule has 100 valence electrons. The largest absolute Gasteiger partial charge is 0.271 e. The molecular weight excluding hydrogens is 234 g/mol. The third-order valence-corrected chi connectivity index (χ3v) is 4.38. The summed E-state index contributed by atoms with van der Waals surface area (Å²) in [6, 6.07) is 10.8. The Bertz CT molecular complexity index is 567. The topological polar surface area (TPSA) is 50.9 Å². The Labute approximate surface area is 114 Å².